The van der Waals surface area contributed by atoms with Gasteiger partial charge in [-0.25, -0.2) is 8.42 Å². The Morgan fingerprint density at radius 1 is 1.32 bits per heavy atom. The molecule has 3 N–H and O–H groups in total. The average Bonchev–Trinajstić information content (AvgIpc) is 3.27. The molecular weight excluding hydrogens is 386 g/mol. The molecule has 2 aliphatic heterocycles. The van der Waals surface area contributed by atoms with Crippen LogP contribution in [0.3, 0.4) is 0 Å². The van der Waals surface area contributed by atoms with Crippen molar-refractivity contribution in [3.63, 3.8) is 0 Å². The summed E-state index contributed by atoms with van der Waals surface area (Å²) in [5.74, 6) is -0.121. The van der Waals surface area contributed by atoms with Gasteiger partial charge in [0.25, 0.3) is 10.0 Å². The fraction of sp³-hybridized carbons (Fsp3) is 0.667. The van der Waals surface area contributed by atoms with Gasteiger partial charge < -0.3 is 15.7 Å². The van der Waals surface area contributed by atoms with Crippen molar-refractivity contribution in [1.29, 1.82) is 0 Å². The SMILES string of the molecule is Cl.O=C(Cc1ccc(S(=O)(=O)N2CCCC2)s1)NCC1CNCC1O. The second kappa shape index (κ2) is 8.79. The number of β-amino-alcohol motifs (C(OH)–C–C–N with tert-alkyl or cyclic N) is 1. The maximum atomic E-state index is 12.5. The molecule has 25 heavy (non-hydrogen) atoms. The van der Waals surface area contributed by atoms with Crippen molar-refractivity contribution < 1.29 is 18.3 Å². The van der Waals surface area contributed by atoms with Gasteiger partial charge in [0.1, 0.15) is 4.21 Å². The summed E-state index contributed by atoms with van der Waals surface area (Å²) >= 11 is 1.16. The Bertz CT molecular complexity index is 689. The molecule has 0 bridgehead atoms. The highest BCUT2D eigenvalue weighted by molar-refractivity contribution is 7.91. The molecule has 3 heterocycles. The Morgan fingerprint density at radius 3 is 2.68 bits per heavy atom. The number of hydrogen-bond donors (Lipinski definition) is 3. The summed E-state index contributed by atoms with van der Waals surface area (Å²) in [6.07, 6.45) is 1.55. The van der Waals surface area contributed by atoms with E-state index < -0.39 is 16.1 Å². The van der Waals surface area contributed by atoms with E-state index in [4.69, 9.17) is 0 Å². The van der Waals surface area contributed by atoms with Crippen LogP contribution in [0.15, 0.2) is 16.3 Å². The third-order valence-electron chi connectivity index (χ3n) is 4.50. The highest BCUT2D eigenvalue weighted by Gasteiger charge is 2.29. The monoisotopic (exact) mass is 409 g/mol. The smallest absolute Gasteiger partial charge is 0.252 e. The number of sulfonamides is 1. The number of hydrogen-bond acceptors (Lipinski definition) is 6. The van der Waals surface area contributed by atoms with E-state index in [1.165, 1.54) is 4.31 Å². The lowest BCUT2D eigenvalue weighted by molar-refractivity contribution is -0.120. The molecule has 1 aromatic rings. The summed E-state index contributed by atoms with van der Waals surface area (Å²) in [7, 11) is -3.41. The fourth-order valence-corrected chi connectivity index (χ4v) is 6.07. The summed E-state index contributed by atoms with van der Waals surface area (Å²) in [6, 6.07) is 3.30. The first-order chi connectivity index (χ1) is 11.5. The standard InChI is InChI=1S/C15H23N3O4S2.ClH/c19-13-10-16-8-11(13)9-17-14(20)7-12-3-4-15(23-12)24(21,22)18-5-1-2-6-18;/h3-4,11,13,16,19H,1-2,5-10H2,(H,17,20);1H. The number of amides is 1. The van der Waals surface area contributed by atoms with Gasteiger partial charge in [-0.2, -0.15) is 4.31 Å². The largest absolute Gasteiger partial charge is 0.391 e. The van der Waals surface area contributed by atoms with Gasteiger partial charge in [0.2, 0.25) is 5.91 Å². The Morgan fingerprint density at radius 2 is 2.04 bits per heavy atom. The van der Waals surface area contributed by atoms with E-state index in [1.807, 2.05) is 0 Å². The molecule has 2 aliphatic rings. The summed E-state index contributed by atoms with van der Waals surface area (Å²) < 4.78 is 26.8. The number of halogens is 1. The molecule has 1 amide bonds. The second-order valence-electron chi connectivity index (χ2n) is 6.30. The van der Waals surface area contributed by atoms with Crippen LogP contribution < -0.4 is 10.6 Å². The lowest BCUT2D eigenvalue weighted by atomic mass is 10.1. The van der Waals surface area contributed by atoms with Crippen LogP contribution in [-0.4, -0.2) is 62.6 Å². The summed E-state index contributed by atoms with van der Waals surface area (Å²) in [4.78, 5) is 12.8. The maximum Gasteiger partial charge on any atom is 0.252 e. The Balaban J connectivity index is 0.00000225. The van der Waals surface area contributed by atoms with Gasteiger partial charge in [-0.1, -0.05) is 0 Å². The fourth-order valence-electron chi connectivity index (χ4n) is 3.04. The van der Waals surface area contributed by atoms with Crippen LogP contribution in [0, 0.1) is 5.92 Å². The van der Waals surface area contributed by atoms with Crippen molar-refractivity contribution in [3.8, 4) is 0 Å². The molecule has 2 fully saturated rings. The average molecular weight is 410 g/mol. The van der Waals surface area contributed by atoms with Gasteiger partial charge in [-0.05, 0) is 25.0 Å². The number of rotatable bonds is 6. The zero-order valence-corrected chi connectivity index (χ0v) is 16.3. The van der Waals surface area contributed by atoms with Gasteiger partial charge in [-0.15, -0.1) is 23.7 Å². The predicted octanol–water partition coefficient (Wildman–Crippen LogP) is 0.193. The topological polar surface area (TPSA) is 98.7 Å². The molecule has 7 nitrogen and oxygen atoms in total. The van der Waals surface area contributed by atoms with E-state index in [2.05, 4.69) is 10.6 Å². The molecule has 3 rings (SSSR count). The molecular formula is C15H24ClN3O4S2. The minimum atomic E-state index is -3.41. The molecule has 10 heteroatoms. The zero-order chi connectivity index (χ0) is 17.2. The van der Waals surface area contributed by atoms with Crippen molar-refractivity contribution in [2.45, 2.75) is 29.6 Å². The van der Waals surface area contributed by atoms with Gasteiger partial charge in [0.05, 0.1) is 12.5 Å². The van der Waals surface area contributed by atoms with Crippen molar-refractivity contribution >= 4 is 39.7 Å². The highest BCUT2D eigenvalue weighted by atomic mass is 35.5. The van der Waals surface area contributed by atoms with Crippen LogP contribution >= 0.6 is 23.7 Å². The number of aliphatic hydroxyl groups excluding tert-OH is 1. The van der Waals surface area contributed by atoms with Crippen LogP contribution in [0.25, 0.3) is 0 Å². The van der Waals surface area contributed by atoms with E-state index in [-0.39, 0.29) is 30.7 Å². The van der Waals surface area contributed by atoms with Crippen molar-refractivity contribution in [3.05, 3.63) is 17.0 Å². The van der Waals surface area contributed by atoms with Crippen LogP contribution in [0.1, 0.15) is 17.7 Å². The predicted molar refractivity (Wildman–Crippen MR) is 98.6 cm³/mol. The van der Waals surface area contributed by atoms with Crippen LogP contribution in [-0.2, 0) is 21.2 Å². The number of thiophene rings is 1. The lowest BCUT2D eigenvalue weighted by Gasteiger charge is -2.14. The van der Waals surface area contributed by atoms with Gasteiger partial charge in [0.15, 0.2) is 0 Å². The van der Waals surface area contributed by atoms with E-state index >= 15 is 0 Å². The molecule has 2 saturated heterocycles. The van der Waals surface area contributed by atoms with E-state index in [0.717, 1.165) is 29.1 Å². The molecule has 1 aromatic heterocycles. The number of nitrogens with zero attached hydrogens (tertiary/aromatic N) is 1. The minimum Gasteiger partial charge on any atom is -0.391 e. The van der Waals surface area contributed by atoms with E-state index in [9.17, 15) is 18.3 Å². The van der Waals surface area contributed by atoms with Crippen molar-refractivity contribution in [1.82, 2.24) is 14.9 Å². The first kappa shape index (κ1) is 20.6. The van der Waals surface area contributed by atoms with Crippen LogP contribution in [0.2, 0.25) is 0 Å². The van der Waals surface area contributed by atoms with Crippen LogP contribution in [0.4, 0.5) is 0 Å². The maximum absolute atomic E-state index is 12.5. The number of carbonyl (C=O) groups is 1. The van der Waals surface area contributed by atoms with Gasteiger partial charge in [-0.3, -0.25) is 4.79 Å². The molecule has 0 aromatic carbocycles. The normalized spacial score (nSPS) is 24.2. The first-order valence-corrected chi connectivity index (χ1v) is 10.5. The van der Waals surface area contributed by atoms with Crippen molar-refractivity contribution in [2.75, 3.05) is 32.7 Å². The zero-order valence-electron chi connectivity index (χ0n) is 13.8. The summed E-state index contributed by atoms with van der Waals surface area (Å²) in [6.45, 7) is 2.83. The molecule has 142 valence electrons. The third kappa shape index (κ3) is 4.93. The van der Waals surface area contributed by atoms with Crippen molar-refractivity contribution in [2.24, 2.45) is 5.92 Å². The molecule has 2 atom stereocenters. The number of carbonyl (C=O) groups excluding carboxylic acids is 1. The molecule has 0 spiro atoms. The highest BCUT2D eigenvalue weighted by Crippen LogP contribution is 2.27. The summed E-state index contributed by atoms with van der Waals surface area (Å²) in [5, 5.41) is 15.6. The third-order valence-corrected chi connectivity index (χ3v) is 7.95. The Labute approximate surface area is 158 Å². The van der Waals surface area contributed by atoms with E-state index in [0.29, 0.717) is 36.9 Å². The lowest BCUT2D eigenvalue weighted by Crippen LogP contribution is -2.35. The Kier molecular flexibility index (Phi) is 7.24. The second-order valence-corrected chi connectivity index (χ2v) is 9.63. The molecule has 2 unspecified atom stereocenters. The van der Waals surface area contributed by atoms with Gasteiger partial charge in [0, 0.05) is 43.5 Å². The summed E-state index contributed by atoms with van der Waals surface area (Å²) in [5.41, 5.74) is 0. The number of aliphatic hydroxyl groups is 1. The molecule has 0 radical (unpaired) electrons. The van der Waals surface area contributed by atoms with Gasteiger partial charge >= 0.3 is 0 Å². The molecule has 0 aliphatic carbocycles. The van der Waals surface area contributed by atoms with E-state index in [1.54, 1.807) is 12.1 Å². The molecule has 0 saturated carbocycles. The Hall–Kier alpha value is -0.710. The minimum absolute atomic E-state index is 0. The number of nitrogens with one attached hydrogen (secondary N) is 2. The first-order valence-electron chi connectivity index (χ1n) is 8.21. The quantitative estimate of drug-likeness (QED) is 0.623. The van der Waals surface area contributed by atoms with Crippen LogP contribution in [0.5, 0.6) is 0 Å².